The van der Waals surface area contributed by atoms with Crippen LogP contribution < -0.4 is 0 Å². The number of rotatable bonds is 5. The van der Waals surface area contributed by atoms with E-state index in [1.165, 1.54) is 49.6 Å². The van der Waals surface area contributed by atoms with Gasteiger partial charge in [0.05, 0.1) is 12.2 Å². The lowest BCUT2D eigenvalue weighted by Gasteiger charge is -2.08. The fraction of sp³-hybridized carbons (Fsp3) is 0.143. The van der Waals surface area contributed by atoms with Crippen LogP contribution in [0, 0.1) is 40.9 Å². The van der Waals surface area contributed by atoms with E-state index in [9.17, 15) is 22.0 Å². The molecule has 0 spiro atoms. The molecule has 0 saturated heterocycles. The van der Waals surface area contributed by atoms with E-state index in [2.05, 4.69) is 11.8 Å². The molecule has 6 heteroatoms. The Hall–Kier alpha value is -3.69. The van der Waals surface area contributed by atoms with Crippen LogP contribution in [0.25, 0.3) is 10.8 Å². The standard InChI is InChI=1S/C28H19F5O/c1-34-16-19-14-26(31)23(27(32)15-19)10-5-18-3-7-20(25(30)13-18)6-2-17-4-9-22-21(12-17)8-11-24(29)28(22)33/h3-4,7-9,11-15H,5,10,16H2,1H3. The van der Waals surface area contributed by atoms with Crippen molar-refractivity contribution < 1.29 is 26.7 Å². The first-order chi connectivity index (χ1) is 16.4. The van der Waals surface area contributed by atoms with Crippen LogP contribution in [0.2, 0.25) is 0 Å². The molecule has 0 radical (unpaired) electrons. The van der Waals surface area contributed by atoms with Crippen molar-refractivity contribution in [1.82, 2.24) is 0 Å². The zero-order valence-electron chi connectivity index (χ0n) is 18.2. The third-order valence-corrected chi connectivity index (χ3v) is 5.46. The van der Waals surface area contributed by atoms with Gasteiger partial charge in [-0.2, -0.15) is 0 Å². The predicted octanol–water partition coefficient (Wildman–Crippen LogP) is 6.87. The molecule has 0 aliphatic rings. The van der Waals surface area contributed by atoms with Crippen molar-refractivity contribution in [3.8, 4) is 11.8 Å². The molecule has 0 aliphatic carbocycles. The summed E-state index contributed by atoms with van der Waals surface area (Å²) < 4.78 is 75.1. The average molecular weight is 466 g/mol. The summed E-state index contributed by atoms with van der Waals surface area (Å²) in [6.07, 6.45) is 0.318. The lowest BCUT2D eigenvalue weighted by Crippen LogP contribution is -2.02. The molecule has 0 saturated carbocycles. The Kier molecular flexibility index (Phi) is 6.95. The topological polar surface area (TPSA) is 9.23 Å². The summed E-state index contributed by atoms with van der Waals surface area (Å²) in [6.45, 7) is 0.108. The minimum Gasteiger partial charge on any atom is -0.380 e. The molecule has 0 unspecified atom stereocenters. The Morgan fingerprint density at radius 3 is 2.12 bits per heavy atom. The van der Waals surface area contributed by atoms with E-state index in [4.69, 9.17) is 4.74 Å². The smallest absolute Gasteiger partial charge is 0.166 e. The van der Waals surface area contributed by atoms with E-state index < -0.39 is 29.1 Å². The average Bonchev–Trinajstić information content (AvgIpc) is 2.80. The van der Waals surface area contributed by atoms with Gasteiger partial charge in [0.2, 0.25) is 0 Å². The van der Waals surface area contributed by atoms with Crippen LogP contribution in [0.15, 0.2) is 60.7 Å². The SMILES string of the molecule is COCc1cc(F)c(CCc2ccc(C#Cc3ccc4c(F)c(F)ccc4c3)c(F)c2)c(F)c1. The predicted molar refractivity (Wildman–Crippen MR) is 121 cm³/mol. The maximum atomic E-state index is 14.6. The minimum atomic E-state index is -0.929. The quantitative estimate of drug-likeness (QED) is 0.231. The number of hydrogen-bond acceptors (Lipinski definition) is 1. The second kappa shape index (κ2) is 10.1. The van der Waals surface area contributed by atoms with Crippen LogP contribution in [0.3, 0.4) is 0 Å². The highest BCUT2D eigenvalue weighted by atomic mass is 19.2. The maximum Gasteiger partial charge on any atom is 0.166 e. The van der Waals surface area contributed by atoms with Gasteiger partial charge in [-0.3, -0.25) is 0 Å². The largest absolute Gasteiger partial charge is 0.380 e. The first kappa shape index (κ1) is 23.5. The number of methoxy groups -OCH3 is 1. The van der Waals surface area contributed by atoms with E-state index in [1.807, 2.05) is 0 Å². The summed E-state index contributed by atoms with van der Waals surface area (Å²) in [5.41, 5.74) is 1.59. The molecule has 0 aliphatic heterocycles. The molecule has 1 nitrogen and oxygen atoms in total. The van der Waals surface area contributed by atoms with Gasteiger partial charge in [-0.15, -0.1) is 0 Å². The molecule has 0 bridgehead atoms. The Morgan fingerprint density at radius 1 is 0.676 bits per heavy atom. The zero-order chi connectivity index (χ0) is 24.2. The number of aryl methyl sites for hydroxylation is 1. The zero-order valence-corrected chi connectivity index (χ0v) is 18.2. The molecule has 4 rings (SSSR count). The number of benzene rings is 4. The van der Waals surface area contributed by atoms with E-state index in [-0.39, 0.29) is 36.0 Å². The molecule has 4 aromatic rings. The third-order valence-electron chi connectivity index (χ3n) is 5.46. The van der Waals surface area contributed by atoms with Gasteiger partial charge >= 0.3 is 0 Å². The van der Waals surface area contributed by atoms with Gasteiger partial charge in [0.25, 0.3) is 0 Å². The van der Waals surface area contributed by atoms with Crippen LogP contribution in [-0.4, -0.2) is 7.11 Å². The van der Waals surface area contributed by atoms with Gasteiger partial charge in [0.1, 0.15) is 17.5 Å². The van der Waals surface area contributed by atoms with Crippen molar-refractivity contribution >= 4 is 10.8 Å². The maximum absolute atomic E-state index is 14.6. The van der Waals surface area contributed by atoms with Gasteiger partial charge in [-0.1, -0.05) is 30.0 Å². The molecule has 0 heterocycles. The normalized spacial score (nSPS) is 10.9. The summed E-state index contributed by atoms with van der Waals surface area (Å²) >= 11 is 0. The number of hydrogen-bond donors (Lipinski definition) is 0. The van der Waals surface area contributed by atoms with Crippen molar-refractivity contribution in [3.05, 3.63) is 118 Å². The Labute approximate surface area is 193 Å². The lowest BCUT2D eigenvalue weighted by atomic mass is 10.0. The van der Waals surface area contributed by atoms with Gasteiger partial charge in [0, 0.05) is 23.6 Å². The van der Waals surface area contributed by atoms with Gasteiger partial charge < -0.3 is 4.74 Å². The fourth-order valence-corrected chi connectivity index (χ4v) is 3.71. The van der Waals surface area contributed by atoms with Crippen LogP contribution in [0.5, 0.6) is 0 Å². The molecule has 0 amide bonds. The third kappa shape index (κ3) is 5.11. The fourth-order valence-electron chi connectivity index (χ4n) is 3.71. The number of fused-ring (bicyclic) bond motifs is 1. The molecule has 34 heavy (non-hydrogen) atoms. The van der Waals surface area contributed by atoms with E-state index in [0.29, 0.717) is 22.1 Å². The summed E-state index contributed by atoms with van der Waals surface area (Å²) in [7, 11) is 1.44. The lowest BCUT2D eigenvalue weighted by molar-refractivity contribution is 0.184. The van der Waals surface area contributed by atoms with E-state index in [1.54, 1.807) is 12.1 Å². The van der Waals surface area contributed by atoms with Gasteiger partial charge in [-0.05, 0) is 71.8 Å². The molecular weight excluding hydrogens is 447 g/mol. The molecule has 0 N–H and O–H groups in total. The van der Waals surface area contributed by atoms with Crippen molar-refractivity contribution in [1.29, 1.82) is 0 Å². The van der Waals surface area contributed by atoms with Crippen molar-refractivity contribution in [2.75, 3.05) is 7.11 Å². The molecule has 0 aromatic heterocycles. The van der Waals surface area contributed by atoms with E-state index in [0.717, 1.165) is 6.07 Å². The molecule has 4 aromatic carbocycles. The summed E-state index contributed by atoms with van der Waals surface area (Å²) in [4.78, 5) is 0. The van der Waals surface area contributed by atoms with Gasteiger partial charge in [-0.25, -0.2) is 22.0 Å². The molecule has 0 atom stereocenters. The first-order valence-electron chi connectivity index (χ1n) is 10.5. The Balaban J connectivity index is 1.49. The van der Waals surface area contributed by atoms with Crippen LogP contribution in [-0.2, 0) is 24.2 Å². The minimum absolute atomic E-state index is 0.0586. The summed E-state index contributed by atoms with van der Waals surface area (Å²) in [6, 6.07) is 14.0. The van der Waals surface area contributed by atoms with Gasteiger partial charge in [0.15, 0.2) is 11.6 Å². The first-order valence-corrected chi connectivity index (χ1v) is 10.5. The number of halogens is 5. The van der Waals surface area contributed by atoms with Crippen molar-refractivity contribution in [2.45, 2.75) is 19.4 Å². The number of ether oxygens (including phenoxy) is 1. The molecule has 0 fully saturated rings. The summed E-state index contributed by atoms with van der Waals surface area (Å²) in [5.74, 6) is 1.82. The second-order valence-electron chi connectivity index (χ2n) is 7.83. The monoisotopic (exact) mass is 466 g/mol. The Bertz CT molecular complexity index is 1410. The van der Waals surface area contributed by atoms with E-state index >= 15 is 0 Å². The summed E-state index contributed by atoms with van der Waals surface area (Å²) in [5, 5.41) is 0.624. The highest BCUT2D eigenvalue weighted by molar-refractivity contribution is 5.84. The highest BCUT2D eigenvalue weighted by Gasteiger charge is 2.12. The van der Waals surface area contributed by atoms with Crippen molar-refractivity contribution in [2.24, 2.45) is 0 Å². The van der Waals surface area contributed by atoms with Crippen molar-refractivity contribution in [3.63, 3.8) is 0 Å². The second-order valence-corrected chi connectivity index (χ2v) is 7.83. The van der Waals surface area contributed by atoms with Crippen LogP contribution >= 0.6 is 0 Å². The Morgan fingerprint density at radius 2 is 1.41 bits per heavy atom. The molecule has 172 valence electrons. The highest BCUT2D eigenvalue weighted by Crippen LogP contribution is 2.22. The molecular formula is C28H19F5O. The van der Waals surface area contributed by atoms with Crippen LogP contribution in [0.1, 0.15) is 27.8 Å². The van der Waals surface area contributed by atoms with Crippen LogP contribution in [0.4, 0.5) is 22.0 Å².